The van der Waals surface area contributed by atoms with Crippen molar-refractivity contribution in [2.45, 2.75) is 39.0 Å². The predicted molar refractivity (Wildman–Crippen MR) is 88.3 cm³/mol. The van der Waals surface area contributed by atoms with Crippen LogP contribution in [0.15, 0.2) is 36.5 Å². The molecule has 118 valence electrons. The Morgan fingerprint density at radius 3 is 2.64 bits per heavy atom. The molecular weight excluding hydrogens is 278 g/mol. The molecule has 0 spiro atoms. The molecule has 3 N–H and O–H groups in total. The van der Waals surface area contributed by atoms with Gasteiger partial charge in [0.05, 0.1) is 5.69 Å². The number of nitrogen functional groups attached to an aromatic ring is 1. The van der Waals surface area contributed by atoms with Crippen molar-refractivity contribution in [3.63, 3.8) is 0 Å². The van der Waals surface area contributed by atoms with Gasteiger partial charge in [0.1, 0.15) is 0 Å². The molecule has 0 saturated heterocycles. The summed E-state index contributed by atoms with van der Waals surface area (Å²) in [5.74, 6) is 0.168. The Kier molecular flexibility index (Phi) is 5.58. The molecule has 1 aliphatic carbocycles. The zero-order valence-electron chi connectivity index (χ0n) is 12.9. The fraction of sp³-hybridized carbons (Fsp3) is 0.412. The number of nitrogens with one attached hydrogen (secondary N) is 1. The molecule has 0 bridgehead atoms. The third-order valence-electron chi connectivity index (χ3n) is 3.87. The van der Waals surface area contributed by atoms with E-state index in [-0.39, 0.29) is 5.91 Å². The van der Waals surface area contributed by atoms with E-state index in [0.717, 1.165) is 17.7 Å². The van der Waals surface area contributed by atoms with E-state index in [1.165, 1.54) is 26.2 Å². The number of amides is 3. The van der Waals surface area contributed by atoms with Gasteiger partial charge in [-0.15, -0.1) is 0 Å². The van der Waals surface area contributed by atoms with Crippen LogP contribution in [0.25, 0.3) is 0 Å². The highest BCUT2D eigenvalue weighted by atomic mass is 16.2. The van der Waals surface area contributed by atoms with Crippen LogP contribution in [0.4, 0.5) is 16.2 Å². The van der Waals surface area contributed by atoms with Crippen molar-refractivity contribution in [2.75, 3.05) is 10.6 Å². The van der Waals surface area contributed by atoms with Gasteiger partial charge in [-0.05, 0) is 37.0 Å². The highest BCUT2D eigenvalue weighted by Gasteiger charge is 2.19. The van der Waals surface area contributed by atoms with Gasteiger partial charge in [-0.2, -0.15) is 0 Å². The largest absolute Gasteiger partial charge is 0.399 e. The van der Waals surface area contributed by atoms with E-state index in [2.05, 4.69) is 5.32 Å². The first-order chi connectivity index (χ1) is 10.6. The van der Waals surface area contributed by atoms with Crippen LogP contribution in [0, 0.1) is 5.92 Å². The number of rotatable bonds is 3. The summed E-state index contributed by atoms with van der Waals surface area (Å²) in [6.45, 7) is 1.35. The Balaban J connectivity index is 2.01. The highest BCUT2D eigenvalue weighted by molar-refractivity contribution is 6.13. The number of urea groups is 1. The number of benzene rings is 1. The van der Waals surface area contributed by atoms with Gasteiger partial charge in [0, 0.05) is 18.8 Å². The molecule has 1 saturated carbocycles. The van der Waals surface area contributed by atoms with E-state index in [9.17, 15) is 9.59 Å². The number of carbonyl (C=O) groups is 2. The Labute approximate surface area is 131 Å². The normalized spacial score (nSPS) is 15.7. The summed E-state index contributed by atoms with van der Waals surface area (Å²) in [4.78, 5) is 25.1. The summed E-state index contributed by atoms with van der Waals surface area (Å²) < 4.78 is 0. The lowest BCUT2D eigenvalue weighted by atomic mass is 9.89. The molecule has 0 unspecified atom stereocenters. The maximum atomic E-state index is 12.2. The second-order valence-corrected chi connectivity index (χ2v) is 5.66. The molecule has 1 fully saturated rings. The first-order valence-corrected chi connectivity index (χ1v) is 7.71. The van der Waals surface area contributed by atoms with Crippen LogP contribution in [0.2, 0.25) is 0 Å². The zero-order valence-corrected chi connectivity index (χ0v) is 12.9. The lowest BCUT2D eigenvalue weighted by molar-refractivity contribution is -0.115. The molecule has 1 aromatic carbocycles. The molecule has 2 rings (SSSR count). The third-order valence-corrected chi connectivity index (χ3v) is 3.87. The molecule has 22 heavy (non-hydrogen) atoms. The predicted octanol–water partition coefficient (Wildman–Crippen LogP) is 3.43. The molecule has 1 aromatic rings. The van der Waals surface area contributed by atoms with Crippen LogP contribution in [0.3, 0.4) is 0 Å². The van der Waals surface area contributed by atoms with Gasteiger partial charge in [0.2, 0.25) is 5.91 Å². The van der Waals surface area contributed by atoms with Crippen LogP contribution in [0.5, 0.6) is 0 Å². The van der Waals surface area contributed by atoms with E-state index in [4.69, 9.17) is 5.73 Å². The number of anilines is 2. The van der Waals surface area contributed by atoms with E-state index < -0.39 is 6.03 Å². The molecule has 0 aromatic heterocycles. The van der Waals surface area contributed by atoms with Gasteiger partial charge in [0.25, 0.3) is 0 Å². The Morgan fingerprint density at radius 2 is 2.00 bits per heavy atom. The first-order valence-electron chi connectivity index (χ1n) is 7.71. The first kappa shape index (κ1) is 16.1. The van der Waals surface area contributed by atoms with E-state index >= 15 is 0 Å². The summed E-state index contributed by atoms with van der Waals surface area (Å²) in [7, 11) is 0. The second kappa shape index (κ2) is 7.64. The molecule has 1 aliphatic rings. The van der Waals surface area contributed by atoms with Crippen LogP contribution in [-0.4, -0.2) is 11.9 Å². The average molecular weight is 301 g/mol. The highest BCUT2D eigenvalue weighted by Crippen LogP contribution is 2.24. The second-order valence-electron chi connectivity index (χ2n) is 5.66. The van der Waals surface area contributed by atoms with Gasteiger partial charge in [-0.1, -0.05) is 31.4 Å². The quantitative estimate of drug-likeness (QED) is 0.840. The topological polar surface area (TPSA) is 75.4 Å². The summed E-state index contributed by atoms with van der Waals surface area (Å²) in [5, 5.41) is 2.67. The minimum absolute atomic E-state index is 0.353. The average Bonchev–Trinajstić information content (AvgIpc) is 2.48. The molecule has 5 nitrogen and oxygen atoms in total. The molecule has 3 amide bonds. The van der Waals surface area contributed by atoms with Crippen molar-refractivity contribution >= 4 is 23.3 Å². The van der Waals surface area contributed by atoms with Gasteiger partial charge in [0.15, 0.2) is 0 Å². The number of hydrogen-bond donors (Lipinski definition) is 2. The summed E-state index contributed by atoms with van der Waals surface area (Å²) >= 11 is 0. The van der Waals surface area contributed by atoms with Crippen LogP contribution >= 0.6 is 0 Å². The van der Waals surface area contributed by atoms with Gasteiger partial charge in [-0.3, -0.25) is 4.79 Å². The lowest BCUT2D eigenvalue weighted by Gasteiger charge is -2.20. The Morgan fingerprint density at radius 1 is 1.27 bits per heavy atom. The fourth-order valence-corrected chi connectivity index (χ4v) is 2.75. The fourth-order valence-electron chi connectivity index (χ4n) is 2.75. The number of allylic oxidation sites excluding steroid dienone is 1. The van der Waals surface area contributed by atoms with Crippen LogP contribution < -0.4 is 16.0 Å². The molecular formula is C17H23N3O2. The maximum Gasteiger partial charge on any atom is 0.332 e. The van der Waals surface area contributed by atoms with Crippen molar-refractivity contribution in [2.24, 2.45) is 5.92 Å². The summed E-state index contributed by atoms with van der Waals surface area (Å²) in [5.41, 5.74) is 6.69. The van der Waals surface area contributed by atoms with Crippen molar-refractivity contribution in [1.82, 2.24) is 5.32 Å². The number of hydrogen-bond acceptors (Lipinski definition) is 3. The number of imide groups is 1. The van der Waals surface area contributed by atoms with Crippen molar-refractivity contribution in [1.29, 1.82) is 0 Å². The monoisotopic (exact) mass is 301 g/mol. The van der Waals surface area contributed by atoms with Crippen molar-refractivity contribution in [3.05, 3.63) is 36.5 Å². The van der Waals surface area contributed by atoms with Gasteiger partial charge >= 0.3 is 6.03 Å². The zero-order chi connectivity index (χ0) is 15.9. The number of carbonyl (C=O) groups excluding carboxylic acids is 2. The standard InChI is InChI=1S/C17H23N3O2/c1-13(21)20(16-9-5-8-15(18)12-16)17(22)19-11-10-14-6-3-2-4-7-14/h5,8-12,14H,2-4,6-7,18H2,1H3,(H,19,22)/b11-10+. The minimum atomic E-state index is -0.467. The van der Waals surface area contributed by atoms with Crippen LogP contribution in [0.1, 0.15) is 39.0 Å². The third kappa shape index (κ3) is 4.35. The van der Waals surface area contributed by atoms with E-state index in [0.29, 0.717) is 17.3 Å². The lowest BCUT2D eigenvalue weighted by Crippen LogP contribution is -2.41. The van der Waals surface area contributed by atoms with E-state index in [1.807, 2.05) is 6.08 Å². The maximum absolute atomic E-state index is 12.2. The van der Waals surface area contributed by atoms with Gasteiger partial charge < -0.3 is 11.1 Å². The van der Waals surface area contributed by atoms with Crippen LogP contribution in [-0.2, 0) is 4.79 Å². The van der Waals surface area contributed by atoms with Gasteiger partial charge in [-0.25, -0.2) is 9.69 Å². The molecule has 0 aliphatic heterocycles. The summed E-state index contributed by atoms with van der Waals surface area (Å²) in [6, 6.07) is 6.24. The SMILES string of the molecule is CC(=O)N(C(=O)N/C=C/C1CCCCC1)c1cccc(N)c1. The Hall–Kier alpha value is -2.30. The van der Waals surface area contributed by atoms with Crippen molar-refractivity contribution < 1.29 is 9.59 Å². The number of nitrogens with zero attached hydrogens (tertiary/aromatic N) is 1. The molecule has 0 heterocycles. The Bertz CT molecular complexity index is 563. The summed E-state index contributed by atoms with van der Waals surface area (Å²) in [6.07, 6.45) is 9.78. The molecule has 0 radical (unpaired) electrons. The van der Waals surface area contributed by atoms with E-state index in [1.54, 1.807) is 30.5 Å². The molecule has 5 heteroatoms. The number of nitrogens with two attached hydrogens (primary N) is 1. The smallest absolute Gasteiger partial charge is 0.332 e. The van der Waals surface area contributed by atoms with Crippen molar-refractivity contribution in [3.8, 4) is 0 Å². The molecule has 0 atom stereocenters. The minimum Gasteiger partial charge on any atom is -0.399 e.